The monoisotopic (exact) mass is 282 g/mol. The summed E-state index contributed by atoms with van der Waals surface area (Å²) in [7, 11) is 3.88. The summed E-state index contributed by atoms with van der Waals surface area (Å²) in [4.78, 5) is 12.4. The Kier molecular flexibility index (Phi) is 5.73. The fourth-order valence-electron chi connectivity index (χ4n) is 1.56. The first-order chi connectivity index (χ1) is 9.45. The lowest BCUT2D eigenvalue weighted by Gasteiger charge is -2.11. The van der Waals surface area contributed by atoms with E-state index in [4.69, 9.17) is 15.7 Å². The zero-order valence-electron chi connectivity index (χ0n) is 11.4. The molecule has 0 heterocycles. The molecule has 0 aromatic heterocycles. The molecule has 0 atom stereocenters. The number of ether oxygens (including phenoxy) is 1. The summed E-state index contributed by atoms with van der Waals surface area (Å²) >= 11 is 0. The maximum absolute atomic E-state index is 11.0. The van der Waals surface area contributed by atoms with Gasteiger partial charge in [-0.1, -0.05) is 5.16 Å². The molecule has 1 aromatic rings. The van der Waals surface area contributed by atoms with Gasteiger partial charge in [-0.25, -0.2) is 0 Å². The van der Waals surface area contributed by atoms with Crippen LogP contribution in [0.5, 0.6) is 5.75 Å². The first-order valence-electron chi connectivity index (χ1n) is 5.99. The second-order valence-electron chi connectivity index (χ2n) is 4.43. The van der Waals surface area contributed by atoms with Gasteiger partial charge < -0.3 is 20.6 Å². The summed E-state index contributed by atoms with van der Waals surface area (Å²) in [5.41, 5.74) is 5.45. The number of nitro groups is 1. The van der Waals surface area contributed by atoms with Crippen LogP contribution in [-0.4, -0.2) is 48.1 Å². The lowest BCUT2D eigenvalue weighted by molar-refractivity contribution is -0.385. The number of nitrogens with two attached hydrogens (primary N) is 1. The molecular weight excluding hydrogens is 264 g/mol. The van der Waals surface area contributed by atoms with Crippen LogP contribution in [-0.2, 0) is 0 Å². The number of nitro benzene ring substituents is 1. The van der Waals surface area contributed by atoms with Crippen molar-refractivity contribution in [1.29, 1.82) is 0 Å². The SMILES string of the molecule is CN(C)CCCOc1ccc(C(N)=NO)cc1[N+](=O)[O-]. The van der Waals surface area contributed by atoms with Gasteiger partial charge in [0.15, 0.2) is 11.6 Å². The number of rotatable bonds is 7. The van der Waals surface area contributed by atoms with Gasteiger partial charge in [0, 0.05) is 18.2 Å². The van der Waals surface area contributed by atoms with Crippen molar-refractivity contribution in [3.63, 3.8) is 0 Å². The Bertz CT molecular complexity index is 502. The van der Waals surface area contributed by atoms with E-state index in [1.54, 1.807) is 0 Å². The van der Waals surface area contributed by atoms with Crippen molar-refractivity contribution in [2.24, 2.45) is 10.9 Å². The Labute approximate surface area is 116 Å². The fourth-order valence-corrected chi connectivity index (χ4v) is 1.56. The van der Waals surface area contributed by atoms with Crippen molar-refractivity contribution >= 4 is 11.5 Å². The van der Waals surface area contributed by atoms with Crippen LogP contribution >= 0.6 is 0 Å². The highest BCUT2D eigenvalue weighted by atomic mass is 16.6. The highest BCUT2D eigenvalue weighted by molar-refractivity contribution is 5.97. The fraction of sp³-hybridized carbons (Fsp3) is 0.417. The largest absolute Gasteiger partial charge is 0.487 e. The van der Waals surface area contributed by atoms with E-state index in [2.05, 4.69) is 5.16 Å². The predicted molar refractivity (Wildman–Crippen MR) is 74.3 cm³/mol. The number of nitrogens with zero attached hydrogens (tertiary/aromatic N) is 3. The van der Waals surface area contributed by atoms with Crippen LogP contribution in [0.3, 0.4) is 0 Å². The average molecular weight is 282 g/mol. The molecule has 110 valence electrons. The number of hydrogen-bond acceptors (Lipinski definition) is 6. The molecule has 20 heavy (non-hydrogen) atoms. The van der Waals surface area contributed by atoms with Gasteiger partial charge in [-0.05, 0) is 32.6 Å². The van der Waals surface area contributed by atoms with Gasteiger partial charge in [-0.3, -0.25) is 10.1 Å². The maximum Gasteiger partial charge on any atom is 0.311 e. The van der Waals surface area contributed by atoms with Gasteiger partial charge in [-0.15, -0.1) is 0 Å². The van der Waals surface area contributed by atoms with Gasteiger partial charge in [0.05, 0.1) is 11.5 Å². The summed E-state index contributed by atoms with van der Waals surface area (Å²) in [6.07, 6.45) is 0.756. The van der Waals surface area contributed by atoms with E-state index in [9.17, 15) is 10.1 Å². The Hall–Kier alpha value is -2.35. The molecule has 0 aliphatic rings. The first-order valence-corrected chi connectivity index (χ1v) is 5.99. The molecule has 8 heteroatoms. The average Bonchev–Trinajstić information content (AvgIpc) is 2.42. The third-order valence-electron chi connectivity index (χ3n) is 2.57. The van der Waals surface area contributed by atoms with Crippen molar-refractivity contribution in [3.8, 4) is 5.75 Å². The van der Waals surface area contributed by atoms with E-state index in [1.807, 2.05) is 19.0 Å². The van der Waals surface area contributed by atoms with Crippen molar-refractivity contribution in [3.05, 3.63) is 33.9 Å². The van der Waals surface area contributed by atoms with Crippen LogP contribution < -0.4 is 10.5 Å². The van der Waals surface area contributed by atoms with Gasteiger partial charge in [0.1, 0.15) is 0 Å². The van der Waals surface area contributed by atoms with Gasteiger partial charge in [-0.2, -0.15) is 0 Å². The van der Waals surface area contributed by atoms with E-state index in [0.717, 1.165) is 13.0 Å². The third kappa shape index (κ3) is 4.39. The highest BCUT2D eigenvalue weighted by Gasteiger charge is 2.17. The molecule has 3 N–H and O–H groups in total. The van der Waals surface area contributed by atoms with Crippen LogP contribution in [0.2, 0.25) is 0 Å². The van der Waals surface area contributed by atoms with Crippen LogP contribution in [0.15, 0.2) is 23.4 Å². The van der Waals surface area contributed by atoms with Crippen molar-refractivity contribution in [2.45, 2.75) is 6.42 Å². The predicted octanol–water partition coefficient (Wildman–Crippen LogP) is 1.02. The van der Waals surface area contributed by atoms with Crippen LogP contribution in [0.4, 0.5) is 5.69 Å². The number of hydrogen-bond donors (Lipinski definition) is 2. The lowest BCUT2D eigenvalue weighted by Crippen LogP contribution is -2.16. The minimum Gasteiger partial charge on any atom is -0.487 e. The molecule has 1 aromatic carbocycles. The Balaban J connectivity index is 2.83. The minimum absolute atomic E-state index is 0.170. The van der Waals surface area contributed by atoms with E-state index < -0.39 is 4.92 Å². The highest BCUT2D eigenvalue weighted by Crippen LogP contribution is 2.28. The summed E-state index contributed by atoms with van der Waals surface area (Å²) < 4.78 is 5.41. The molecular formula is C12H18N4O4. The molecule has 0 saturated heterocycles. The van der Waals surface area contributed by atoms with Gasteiger partial charge >= 0.3 is 5.69 Å². The molecule has 0 fully saturated rings. The maximum atomic E-state index is 11.0. The van der Waals surface area contributed by atoms with E-state index in [0.29, 0.717) is 6.61 Å². The molecule has 0 bridgehead atoms. The zero-order chi connectivity index (χ0) is 15.1. The quantitative estimate of drug-likeness (QED) is 0.193. The summed E-state index contributed by atoms with van der Waals surface area (Å²) in [6.45, 7) is 1.21. The third-order valence-corrected chi connectivity index (χ3v) is 2.57. The van der Waals surface area contributed by atoms with Crippen molar-refractivity contribution in [2.75, 3.05) is 27.2 Å². The summed E-state index contributed by atoms with van der Waals surface area (Å²) in [6, 6.07) is 4.17. The Morgan fingerprint density at radius 2 is 2.25 bits per heavy atom. The van der Waals surface area contributed by atoms with Gasteiger partial charge in [0.25, 0.3) is 0 Å². The van der Waals surface area contributed by atoms with E-state index >= 15 is 0 Å². The molecule has 0 amide bonds. The lowest BCUT2D eigenvalue weighted by atomic mass is 10.1. The van der Waals surface area contributed by atoms with E-state index in [-0.39, 0.29) is 22.8 Å². The van der Waals surface area contributed by atoms with Crippen LogP contribution in [0.25, 0.3) is 0 Å². The molecule has 0 saturated carbocycles. The summed E-state index contributed by atoms with van der Waals surface area (Å²) in [5, 5.41) is 22.4. The number of oxime groups is 1. The molecule has 0 aliphatic heterocycles. The number of amidine groups is 1. The van der Waals surface area contributed by atoms with Crippen LogP contribution in [0.1, 0.15) is 12.0 Å². The van der Waals surface area contributed by atoms with Crippen molar-refractivity contribution < 1.29 is 14.9 Å². The summed E-state index contributed by atoms with van der Waals surface area (Å²) in [5.74, 6) is -0.0181. The Morgan fingerprint density at radius 3 is 2.80 bits per heavy atom. The van der Waals surface area contributed by atoms with Gasteiger partial charge in [0.2, 0.25) is 0 Å². The smallest absolute Gasteiger partial charge is 0.311 e. The standard InChI is InChI=1S/C12H18N4O4/c1-15(2)6-3-7-20-11-5-4-9(12(13)14-17)8-10(11)16(18)19/h4-5,8,17H,3,6-7H2,1-2H3,(H2,13,14). The molecule has 0 spiro atoms. The zero-order valence-corrected chi connectivity index (χ0v) is 11.4. The topological polar surface area (TPSA) is 114 Å². The van der Waals surface area contributed by atoms with Crippen LogP contribution in [0, 0.1) is 10.1 Å². The molecule has 0 aliphatic carbocycles. The second-order valence-corrected chi connectivity index (χ2v) is 4.43. The molecule has 1 rings (SSSR count). The normalized spacial score (nSPS) is 11.7. The second kappa shape index (κ2) is 7.29. The van der Waals surface area contributed by atoms with Crippen molar-refractivity contribution in [1.82, 2.24) is 4.90 Å². The Morgan fingerprint density at radius 1 is 1.55 bits per heavy atom. The number of benzene rings is 1. The first kappa shape index (κ1) is 15.7. The minimum atomic E-state index is -0.560. The molecule has 8 nitrogen and oxygen atoms in total. The molecule has 0 unspecified atom stereocenters. The van der Waals surface area contributed by atoms with E-state index in [1.165, 1.54) is 18.2 Å². The molecule has 0 radical (unpaired) electrons.